The van der Waals surface area contributed by atoms with E-state index in [-0.39, 0.29) is 10.7 Å². The number of nitrogens with zero attached hydrogens (tertiary/aromatic N) is 3. The van der Waals surface area contributed by atoms with Gasteiger partial charge in [0.25, 0.3) is 5.91 Å². The summed E-state index contributed by atoms with van der Waals surface area (Å²) in [5.41, 5.74) is 2.65. The SMILES string of the molecule is COC(=O)c1ccc(C2C(C(=O)C=Cc3ccccc3)=C(O)C(=O)N2c2nnc(SCc3cccc4ccccc34)s2)cc1. The Morgan fingerprint density at radius 2 is 1.68 bits per heavy atom. The molecule has 0 aliphatic carbocycles. The third-order valence-electron chi connectivity index (χ3n) is 7.18. The predicted octanol–water partition coefficient (Wildman–Crippen LogP) is 6.95. The van der Waals surface area contributed by atoms with E-state index in [0.29, 0.717) is 21.2 Å². The van der Waals surface area contributed by atoms with Gasteiger partial charge in [0, 0.05) is 5.75 Å². The van der Waals surface area contributed by atoms with Crippen LogP contribution in [-0.2, 0) is 20.1 Å². The molecule has 1 N–H and O–H groups in total. The summed E-state index contributed by atoms with van der Waals surface area (Å²) in [5.74, 6) is -1.83. The maximum Gasteiger partial charge on any atom is 0.337 e. The van der Waals surface area contributed by atoms with Crippen LogP contribution in [0.25, 0.3) is 16.8 Å². The second-order valence-electron chi connectivity index (χ2n) is 9.84. The number of benzene rings is 4. The monoisotopic (exact) mass is 619 g/mol. The molecule has 1 aromatic heterocycles. The molecule has 0 saturated carbocycles. The highest BCUT2D eigenvalue weighted by molar-refractivity contribution is 8.00. The van der Waals surface area contributed by atoms with Gasteiger partial charge in [0.15, 0.2) is 15.9 Å². The van der Waals surface area contributed by atoms with Crippen molar-refractivity contribution in [1.29, 1.82) is 0 Å². The number of hydrogen-bond acceptors (Lipinski definition) is 9. The van der Waals surface area contributed by atoms with Crippen LogP contribution in [0.2, 0.25) is 0 Å². The second-order valence-corrected chi connectivity index (χ2v) is 12.0. The number of hydrogen-bond donors (Lipinski definition) is 1. The molecule has 44 heavy (non-hydrogen) atoms. The molecule has 0 fully saturated rings. The lowest BCUT2D eigenvalue weighted by atomic mass is 9.95. The van der Waals surface area contributed by atoms with Crippen molar-refractivity contribution in [2.45, 2.75) is 16.1 Å². The summed E-state index contributed by atoms with van der Waals surface area (Å²) in [6.07, 6.45) is 2.96. The number of ketones is 1. The van der Waals surface area contributed by atoms with E-state index < -0.39 is 29.5 Å². The van der Waals surface area contributed by atoms with Gasteiger partial charge < -0.3 is 9.84 Å². The van der Waals surface area contributed by atoms with Gasteiger partial charge in [0.2, 0.25) is 5.13 Å². The summed E-state index contributed by atoms with van der Waals surface area (Å²) < 4.78 is 5.43. The molecule has 1 aliphatic rings. The van der Waals surface area contributed by atoms with E-state index >= 15 is 0 Å². The zero-order valence-electron chi connectivity index (χ0n) is 23.4. The zero-order valence-corrected chi connectivity index (χ0v) is 25.0. The van der Waals surface area contributed by atoms with Crippen molar-refractivity contribution in [3.8, 4) is 0 Å². The first-order chi connectivity index (χ1) is 21.4. The number of carbonyl (C=O) groups is 3. The number of allylic oxidation sites excluding steroid dienone is 1. The fourth-order valence-electron chi connectivity index (χ4n) is 5.03. The van der Waals surface area contributed by atoms with Gasteiger partial charge in [0.1, 0.15) is 0 Å². The van der Waals surface area contributed by atoms with Gasteiger partial charge in [-0.05, 0) is 45.7 Å². The Balaban J connectivity index is 1.32. The van der Waals surface area contributed by atoms with Crippen LogP contribution in [0.1, 0.15) is 33.1 Å². The number of fused-ring (bicyclic) bond motifs is 1. The van der Waals surface area contributed by atoms with E-state index in [1.165, 1.54) is 41.2 Å². The highest BCUT2D eigenvalue weighted by Crippen LogP contribution is 2.43. The third-order valence-corrected chi connectivity index (χ3v) is 9.29. The summed E-state index contributed by atoms with van der Waals surface area (Å²) in [7, 11) is 1.29. The van der Waals surface area contributed by atoms with Gasteiger partial charge in [-0.1, -0.05) is 114 Å². The first kappa shape index (κ1) is 29.0. The number of methoxy groups -OCH3 is 1. The summed E-state index contributed by atoms with van der Waals surface area (Å²) in [6, 6.07) is 28.9. The molecule has 1 aliphatic heterocycles. The number of amides is 1. The van der Waals surface area contributed by atoms with E-state index in [1.807, 2.05) is 48.5 Å². The van der Waals surface area contributed by atoms with E-state index in [0.717, 1.165) is 21.9 Å². The molecule has 6 rings (SSSR count). The van der Waals surface area contributed by atoms with Gasteiger partial charge in [-0.3, -0.25) is 14.5 Å². The Morgan fingerprint density at radius 3 is 2.45 bits per heavy atom. The molecule has 10 heteroatoms. The Bertz CT molecular complexity index is 1930. The van der Waals surface area contributed by atoms with Crippen LogP contribution >= 0.6 is 23.1 Å². The minimum absolute atomic E-state index is 0.0897. The van der Waals surface area contributed by atoms with Crippen LogP contribution in [0, 0.1) is 0 Å². The van der Waals surface area contributed by atoms with Crippen molar-refractivity contribution >= 4 is 62.7 Å². The number of ether oxygens (including phenoxy) is 1. The number of aromatic nitrogens is 2. The topological polar surface area (TPSA) is 110 Å². The number of aliphatic hydroxyl groups excluding tert-OH is 1. The fraction of sp³-hybridized carbons (Fsp3) is 0.0882. The number of esters is 1. The standard InChI is InChI=1S/C34H25N3O5S2/c1-42-32(41)24-17-15-23(16-18-24)29-28(27(38)19-14-21-8-3-2-4-9-21)30(39)31(40)37(29)33-35-36-34(44-33)43-20-25-12-7-11-22-10-5-6-13-26(22)25/h2-19,29,39H,20H2,1H3. The quantitative estimate of drug-likeness (QED) is 0.0817. The Morgan fingerprint density at radius 1 is 0.955 bits per heavy atom. The maximum absolute atomic E-state index is 13.5. The van der Waals surface area contributed by atoms with Gasteiger partial charge in [-0.15, -0.1) is 10.2 Å². The molecule has 1 amide bonds. The number of anilines is 1. The minimum atomic E-state index is -0.994. The molecule has 5 aromatic rings. The number of carbonyl (C=O) groups excluding carboxylic acids is 3. The minimum Gasteiger partial charge on any atom is -0.503 e. The fourth-order valence-corrected chi connectivity index (χ4v) is 6.90. The Hall–Kier alpha value is -5.06. The average molecular weight is 620 g/mol. The van der Waals surface area contributed by atoms with Gasteiger partial charge in [0.05, 0.1) is 24.3 Å². The van der Waals surface area contributed by atoms with Crippen LogP contribution in [-0.4, -0.2) is 40.1 Å². The van der Waals surface area contributed by atoms with Crippen LogP contribution in [0.5, 0.6) is 0 Å². The van der Waals surface area contributed by atoms with Crippen molar-refractivity contribution in [2.24, 2.45) is 0 Å². The molecule has 218 valence electrons. The molecule has 0 bridgehead atoms. The summed E-state index contributed by atoms with van der Waals surface area (Å²) >= 11 is 2.69. The van der Waals surface area contributed by atoms with Crippen LogP contribution in [0.3, 0.4) is 0 Å². The molecule has 4 aromatic carbocycles. The predicted molar refractivity (Wildman–Crippen MR) is 172 cm³/mol. The van der Waals surface area contributed by atoms with Gasteiger partial charge >= 0.3 is 5.97 Å². The summed E-state index contributed by atoms with van der Waals surface area (Å²) in [5, 5.41) is 22.2. The first-order valence-corrected chi connectivity index (χ1v) is 15.4. The van der Waals surface area contributed by atoms with Crippen molar-refractivity contribution in [3.63, 3.8) is 0 Å². The smallest absolute Gasteiger partial charge is 0.337 e. The highest BCUT2D eigenvalue weighted by atomic mass is 32.2. The van der Waals surface area contributed by atoms with Crippen molar-refractivity contribution < 1.29 is 24.2 Å². The molecule has 2 heterocycles. The average Bonchev–Trinajstić information content (AvgIpc) is 3.64. The normalized spacial score (nSPS) is 15.0. The van der Waals surface area contributed by atoms with E-state index in [2.05, 4.69) is 34.5 Å². The maximum atomic E-state index is 13.5. The first-order valence-electron chi connectivity index (χ1n) is 13.6. The summed E-state index contributed by atoms with van der Waals surface area (Å²) in [4.78, 5) is 40.4. The second kappa shape index (κ2) is 12.7. The number of thioether (sulfide) groups is 1. The third kappa shape index (κ3) is 5.77. The van der Waals surface area contributed by atoms with E-state index in [4.69, 9.17) is 4.74 Å². The lowest BCUT2D eigenvalue weighted by Gasteiger charge is -2.23. The van der Waals surface area contributed by atoms with Crippen molar-refractivity contribution in [1.82, 2.24) is 10.2 Å². The van der Waals surface area contributed by atoms with Crippen molar-refractivity contribution in [2.75, 3.05) is 12.0 Å². The molecule has 8 nitrogen and oxygen atoms in total. The van der Waals surface area contributed by atoms with Crippen molar-refractivity contribution in [3.05, 3.63) is 137 Å². The molecule has 1 unspecified atom stereocenters. The molecule has 0 radical (unpaired) electrons. The van der Waals surface area contributed by atoms with Crippen LogP contribution < -0.4 is 4.90 Å². The summed E-state index contributed by atoms with van der Waals surface area (Å²) in [6.45, 7) is 0. The highest BCUT2D eigenvalue weighted by Gasteiger charge is 2.45. The molecular formula is C34H25N3O5S2. The zero-order chi connectivity index (χ0) is 30.6. The lowest BCUT2D eigenvalue weighted by Crippen LogP contribution is -2.30. The van der Waals surface area contributed by atoms with Crippen LogP contribution in [0.4, 0.5) is 5.13 Å². The Labute approximate surface area is 261 Å². The van der Waals surface area contributed by atoms with E-state index in [1.54, 1.807) is 30.3 Å². The lowest BCUT2D eigenvalue weighted by molar-refractivity contribution is -0.117. The Kier molecular flexibility index (Phi) is 8.36. The van der Waals surface area contributed by atoms with Gasteiger partial charge in [-0.25, -0.2) is 4.79 Å². The molecule has 0 spiro atoms. The molecule has 0 saturated heterocycles. The molecule has 1 atom stereocenters. The molecular weight excluding hydrogens is 595 g/mol. The number of aliphatic hydroxyl groups is 1. The van der Waals surface area contributed by atoms with Crippen LogP contribution in [0.15, 0.2) is 119 Å². The van der Waals surface area contributed by atoms with E-state index in [9.17, 15) is 19.5 Å². The largest absolute Gasteiger partial charge is 0.503 e. The number of rotatable bonds is 9. The van der Waals surface area contributed by atoms with Gasteiger partial charge in [-0.2, -0.15) is 0 Å².